The van der Waals surface area contributed by atoms with Crippen LogP contribution in [-0.2, 0) is 4.79 Å². The SMILES string of the molecule is O=C1NC[C@@H](C(=O)N2CCN(C(c3ccc(F)cc3)c3ccc(F)cc3)CC2)N1. The molecule has 2 saturated heterocycles. The van der Waals surface area contributed by atoms with E-state index in [2.05, 4.69) is 15.5 Å². The second kappa shape index (κ2) is 8.16. The van der Waals surface area contributed by atoms with Gasteiger partial charge in [-0.3, -0.25) is 9.69 Å². The summed E-state index contributed by atoms with van der Waals surface area (Å²) in [5.74, 6) is -0.716. The van der Waals surface area contributed by atoms with E-state index in [9.17, 15) is 18.4 Å². The molecular weight excluding hydrogens is 378 g/mol. The zero-order valence-corrected chi connectivity index (χ0v) is 15.8. The van der Waals surface area contributed by atoms with E-state index in [4.69, 9.17) is 0 Å². The molecule has 0 spiro atoms. The molecule has 0 aliphatic carbocycles. The van der Waals surface area contributed by atoms with Crippen LogP contribution >= 0.6 is 0 Å². The first-order chi connectivity index (χ1) is 14.0. The summed E-state index contributed by atoms with van der Waals surface area (Å²) < 4.78 is 26.8. The zero-order chi connectivity index (χ0) is 20.4. The van der Waals surface area contributed by atoms with Crippen molar-refractivity contribution in [2.45, 2.75) is 12.1 Å². The first kappa shape index (κ1) is 19.3. The lowest BCUT2D eigenvalue weighted by Crippen LogP contribution is -2.54. The molecular formula is C21H22F2N4O2. The summed E-state index contributed by atoms with van der Waals surface area (Å²) in [6, 6.07) is 11.6. The van der Waals surface area contributed by atoms with Crippen LogP contribution in [0, 0.1) is 11.6 Å². The van der Waals surface area contributed by atoms with Crippen LogP contribution in [0.25, 0.3) is 0 Å². The van der Waals surface area contributed by atoms with Crippen molar-refractivity contribution < 1.29 is 18.4 Å². The fourth-order valence-corrected chi connectivity index (χ4v) is 3.93. The van der Waals surface area contributed by atoms with E-state index in [1.807, 2.05) is 0 Å². The lowest BCUT2D eigenvalue weighted by atomic mass is 9.96. The van der Waals surface area contributed by atoms with Gasteiger partial charge in [0.05, 0.1) is 6.04 Å². The predicted octanol–water partition coefficient (Wildman–Crippen LogP) is 1.88. The summed E-state index contributed by atoms with van der Waals surface area (Å²) >= 11 is 0. The predicted molar refractivity (Wildman–Crippen MR) is 103 cm³/mol. The van der Waals surface area contributed by atoms with Gasteiger partial charge in [-0.2, -0.15) is 0 Å². The van der Waals surface area contributed by atoms with Crippen LogP contribution in [0.15, 0.2) is 48.5 Å². The molecule has 1 atom stereocenters. The van der Waals surface area contributed by atoms with E-state index in [1.165, 1.54) is 24.3 Å². The summed E-state index contributed by atoms with van der Waals surface area (Å²) in [5.41, 5.74) is 1.81. The molecule has 4 rings (SSSR count). The number of urea groups is 1. The van der Waals surface area contributed by atoms with Gasteiger partial charge >= 0.3 is 6.03 Å². The van der Waals surface area contributed by atoms with Gasteiger partial charge in [-0.05, 0) is 35.4 Å². The molecule has 2 aromatic carbocycles. The van der Waals surface area contributed by atoms with E-state index in [1.54, 1.807) is 29.2 Å². The number of hydrogen-bond acceptors (Lipinski definition) is 3. The van der Waals surface area contributed by atoms with Crippen LogP contribution < -0.4 is 10.6 Å². The summed E-state index contributed by atoms with van der Waals surface area (Å²) in [7, 11) is 0. The number of rotatable bonds is 4. The lowest BCUT2D eigenvalue weighted by molar-refractivity contribution is -0.134. The molecule has 0 bridgehead atoms. The van der Waals surface area contributed by atoms with Crippen molar-refractivity contribution in [3.63, 3.8) is 0 Å². The van der Waals surface area contributed by atoms with Crippen molar-refractivity contribution in [3.05, 3.63) is 71.3 Å². The Hall–Kier alpha value is -3.00. The Labute approximate surface area is 167 Å². The molecule has 0 radical (unpaired) electrons. The van der Waals surface area contributed by atoms with Gasteiger partial charge in [-0.25, -0.2) is 13.6 Å². The number of nitrogens with zero attached hydrogens (tertiary/aromatic N) is 2. The molecule has 2 aromatic rings. The minimum absolute atomic E-state index is 0.0943. The first-order valence-corrected chi connectivity index (χ1v) is 9.59. The maximum absolute atomic E-state index is 13.4. The molecule has 0 saturated carbocycles. The van der Waals surface area contributed by atoms with Gasteiger partial charge in [0.15, 0.2) is 0 Å². The fraction of sp³-hybridized carbons (Fsp3) is 0.333. The van der Waals surface area contributed by atoms with Gasteiger partial charge < -0.3 is 15.5 Å². The molecule has 0 unspecified atom stereocenters. The number of benzene rings is 2. The largest absolute Gasteiger partial charge is 0.338 e. The second-order valence-electron chi connectivity index (χ2n) is 7.27. The van der Waals surface area contributed by atoms with E-state index in [0.717, 1.165) is 11.1 Å². The molecule has 152 valence electrons. The highest BCUT2D eigenvalue weighted by Gasteiger charge is 2.34. The van der Waals surface area contributed by atoms with Crippen molar-refractivity contribution in [2.24, 2.45) is 0 Å². The Bertz CT molecular complexity index is 835. The highest BCUT2D eigenvalue weighted by atomic mass is 19.1. The molecule has 0 aromatic heterocycles. The van der Waals surface area contributed by atoms with Crippen LogP contribution in [0.1, 0.15) is 17.2 Å². The van der Waals surface area contributed by atoms with Crippen molar-refractivity contribution >= 4 is 11.9 Å². The van der Waals surface area contributed by atoms with Crippen molar-refractivity contribution in [1.82, 2.24) is 20.4 Å². The van der Waals surface area contributed by atoms with Crippen LogP contribution in [-0.4, -0.2) is 60.5 Å². The quantitative estimate of drug-likeness (QED) is 0.824. The number of piperazine rings is 1. The minimum atomic E-state index is -0.529. The Balaban J connectivity index is 1.50. The van der Waals surface area contributed by atoms with Gasteiger partial charge in [0.25, 0.3) is 0 Å². The molecule has 2 N–H and O–H groups in total. The van der Waals surface area contributed by atoms with Crippen LogP contribution in [0.4, 0.5) is 13.6 Å². The number of amides is 3. The molecule has 6 nitrogen and oxygen atoms in total. The van der Waals surface area contributed by atoms with E-state index in [-0.39, 0.29) is 29.6 Å². The normalized spacial score (nSPS) is 19.9. The number of nitrogens with one attached hydrogen (secondary N) is 2. The summed E-state index contributed by atoms with van der Waals surface area (Å²) in [4.78, 5) is 27.9. The maximum Gasteiger partial charge on any atom is 0.315 e. The summed E-state index contributed by atoms with van der Waals surface area (Å²) in [5, 5.41) is 5.22. The zero-order valence-electron chi connectivity index (χ0n) is 15.8. The number of carbonyl (C=O) groups is 2. The van der Waals surface area contributed by atoms with Gasteiger partial charge in [-0.1, -0.05) is 24.3 Å². The second-order valence-corrected chi connectivity index (χ2v) is 7.27. The lowest BCUT2D eigenvalue weighted by Gasteiger charge is -2.40. The monoisotopic (exact) mass is 400 g/mol. The third kappa shape index (κ3) is 4.22. The molecule has 2 heterocycles. The van der Waals surface area contributed by atoms with Gasteiger partial charge in [0, 0.05) is 32.7 Å². The third-order valence-electron chi connectivity index (χ3n) is 5.43. The highest BCUT2D eigenvalue weighted by Crippen LogP contribution is 2.30. The summed E-state index contributed by atoms with van der Waals surface area (Å²) in [6.07, 6.45) is 0. The Morgan fingerprint density at radius 3 is 1.86 bits per heavy atom. The minimum Gasteiger partial charge on any atom is -0.338 e. The van der Waals surface area contributed by atoms with Crippen LogP contribution in [0.3, 0.4) is 0 Å². The van der Waals surface area contributed by atoms with E-state index < -0.39 is 6.04 Å². The molecule has 2 fully saturated rings. The van der Waals surface area contributed by atoms with Gasteiger partial charge in [-0.15, -0.1) is 0 Å². The van der Waals surface area contributed by atoms with Crippen molar-refractivity contribution in [1.29, 1.82) is 0 Å². The van der Waals surface area contributed by atoms with Gasteiger partial charge in [0.1, 0.15) is 17.7 Å². The standard InChI is InChI=1S/C21H22F2N4O2/c22-16-5-1-14(2-6-16)19(15-3-7-17(23)8-4-15)26-9-11-27(12-10-26)20(28)18-13-24-21(29)25-18/h1-8,18-19H,9-13H2,(H2,24,25,29)/t18-/m0/s1. The maximum atomic E-state index is 13.4. The first-order valence-electron chi connectivity index (χ1n) is 9.59. The number of halogens is 2. The Kier molecular flexibility index (Phi) is 5.44. The average Bonchev–Trinajstić information content (AvgIpc) is 3.17. The van der Waals surface area contributed by atoms with Crippen molar-refractivity contribution in [2.75, 3.05) is 32.7 Å². The number of hydrogen-bond donors (Lipinski definition) is 2. The van der Waals surface area contributed by atoms with Crippen LogP contribution in [0.2, 0.25) is 0 Å². The van der Waals surface area contributed by atoms with Crippen molar-refractivity contribution in [3.8, 4) is 0 Å². The third-order valence-corrected chi connectivity index (χ3v) is 5.43. The molecule has 8 heteroatoms. The van der Waals surface area contributed by atoms with E-state index in [0.29, 0.717) is 32.7 Å². The Morgan fingerprint density at radius 1 is 0.897 bits per heavy atom. The smallest absolute Gasteiger partial charge is 0.315 e. The molecule has 3 amide bonds. The van der Waals surface area contributed by atoms with Gasteiger partial charge in [0.2, 0.25) is 5.91 Å². The molecule has 2 aliphatic heterocycles. The van der Waals surface area contributed by atoms with E-state index >= 15 is 0 Å². The van der Waals surface area contributed by atoms with Crippen LogP contribution in [0.5, 0.6) is 0 Å². The topological polar surface area (TPSA) is 64.7 Å². The Morgan fingerprint density at radius 2 is 1.41 bits per heavy atom. The highest BCUT2D eigenvalue weighted by molar-refractivity contribution is 5.90. The number of carbonyl (C=O) groups excluding carboxylic acids is 2. The average molecular weight is 400 g/mol. The molecule has 2 aliphatic rings. The molecule has 29 heavy (non-hydrogen) atoms. The summed E-state index contributed by atoms with van der Waals surface area (Å²) in [6.45, 7) is 2.55. The fourth-order valence-electron chi connectivity index (χ4n) is 3.93.